The van der Waals surface area contributed by atoms with E-state index in [1.54, 1.807) is 4.90 Å². The first-order chi connectivity index (χ1) is 5.22. The predicted molar refractivity (Wildman–Crippen MR) is 39.1 cm³/mol. The van der Waals surface area contributed by atoms with Crippen molar-refractivity contribution >= 4 is 5.97 Å². The van der Waals surface area contributed by atoms with Crippen LogP contribution in [-0.4, -0.2) is 40.4 Å². The molecule has 0 aliphatic carbocycles. The highest BCUT2D eigenvalue weighted by Crippen LogP contribution is 2.10. The molecule has 0 amide bonds. The zero-order valence-corrected chi connectivity index (χ0v) is 6.36. The molecule has 0 spiro atoms. The minimum absolute atomic E-state index is 0.702. The lowest BCUT2D eigenvalue weighted by Crippen LogP contribution is -2.43. The summed E-state index contributed by atoms with van der Waals surface area (Å²) < 4.78 is 0. The normalized spacial score (nSPS) is 23.0. The van der Waals surface area contributed by atoms with Gasteiger partial charge in [0.1, 0.15) is 0 Å². The van der Waals surface area contributed by atoms with Crippen LogP contribution in [0, 0.1) is 0 Å². The van der Waals surface area contributed by atoms with Crippen molar-refractivity contribution < 1.29 is 15.0 Å². The summed E-state index contributed by atoms with van der Waals surface area (Å²) in [5.74, 6) is -1.15. The largest absolute Gasteiger partial charge is 0.478 e. The van der Waals surface area contributed by atoms with Gasteiger partial charge in [-0.1, -0.05) is 6.42 Å². The number of nitrogens with zero attached hydrogens (tertiary/aromatic N) is 1. The maximum atomic E-state index is 10.3. The Labute approximate surface area is 65.4 Å². The van der Waals surface area contributed by atoms with E-state index in [0.717, 1.165) is 19.3 Å². The molecule has 1 unspecified atom stereocenters. The molecule has 1 atom stereocenters. The second-order valence-electron chi connectivity index (χ2n) is 2.81. The van der Waals surface area contributed by atoms with E-state index < -0.39 is 12.2 Å². The molecule has 1 aliphatic heterocycles. The summed E-state index contributed by atoms with van der Waals surface area (Å²) in [7, 11) is 0. The number of hydrogen-bond acceptors (Lipinski definition) is 3. The number of likely N-dealkylation sites (tertiary alicyclic amines) is 1. The van der Waals surface area contributed by atoms with Crippen molar-refractivity contribution in [2.24, 2.45) is 0 Å². The number of carbonyl (C=O) groups is 1. The van der Waals surface area contributed by atoms with Gasteiger partial charge in [0.2, 0.25) is 6.23 Å². The average molecular weight is 159 g/mol. The second kappa shape index (κ2) is 3.69. The van der Waals surface area contributed by atoms with Crippen LogP contribution in [0.4, 0.5) is 0 Å². The molecule has 1 heterocycles. The van der Waals surface area contributed by atoms with Crippen LogP contribution in [-0.2, 0) is 4.79 Å². The number of aliphatic hydroxyl groups is 1. The molecular formula is C7H13NO3. The van der Waals surface area contributed by atoms with Crippen molar-refractivity contribution in [2.45, 2.75) is 25.5 Å². The van der Waals surface area contributed by atoms with Crippen LogP contribution in [0.25, 0.3) is 0 Å². The van der Waals surface area contributed by atoms with Crippen LogP contribution in [0.1, 0.15) is 19.3 Å². The van der Waals surface area contributed by atoms with Gasteiger partial charge in [-0.2, -0.15) is 0 Å². The number of piperidine rings is 1. The average Bonchev–Trinajstić information content (AvgIpc) is 2.05. The number of aliphatic carboxylic acids is 1. The standard InChI is InChI=1S/C7H13NO3/c9-6(7(10)11)8-4-2-1-3-5-8/h6,9H,1-5H2,(H,10,11). The summed E-state index contributed by atoms with van der Waals surface area (Å²) >= 11 is 0. The maximum absolute atomic E-state index is 10.3. The van der Waals surface area contributed by atoms with Crippen molar-refractivity contribution in [3.8, 4) is 0 Å². The third-order valence-corrected chi connectivity index (χ3v) is 1.96. The highest BCUT2D eigenvalue weighted by Gasteiger charge is 2.23. The van der Waals surface area contributed by atoms with Gasteiger partial charge in [-0.3, -0.25) is 4.90 Å². The SMILES string of the molecule is O=C(O)C(O)N1CCCCC1. The maximum Gasteiger partial charge on any atom is 0.348 e. The Balaban J connectivity index is 2.38. The fraction of sp³-hybridized carbons (Fsp3) is 0.857. The van der Waals surface area contributed by atoms with Gasteiger partial charge in [-0.15, -0.1) is 0 Å². The van der Waals surface area contributed by atoms with Gasteiger partial charge >= 0.3 is 5.97 Å². The molecule has 0 saturated carbocycles. The van der Waals surface area contributed by atoms with Crippen LogP contribution >= 0.6 is 0 Å². The van der Waals surface area contributed by atoms with Gasteiger partial charge in [-0.25, -0.2) is 4.79 Å². The van der Waals surface area contributed by atoms with E-state index in [-0.39, 0.29) is 0 Å². The summed E-state index contributed by atoms with van der Waals surface area (Å²) in [6.45, 7) is 1.40. The zero-order valence-electron chi connectivity index (χ0n) is 6.36. The third kappa shape index (κ3) is 2.17. The molecular weight excluding hydrogens is 146 g/mol. The van der Waals surface area contributed by atoms with Crippen molar-refractivity contribution in [3.63, 3.8) is 0 Å². The van der Waals surface area contributed by atoms with E-state index in [1.165, 1.54) is 0 Å². The van der Waals surface area contributed by atoms with Crippen LogP contribution in [0.5, 0.6) is 0 Å². The molecule has 0 aromatic carbocycles. The summed E-state index contributed by atoms with van der Waals surface area (Å²) in [6, 6.07) is 0. The fourth-order valence-electron chi connectivity index (χ4n) is 1.32. The molecule has 0 aromatic heterocycles. The highest BCUT2D eigenvalue weighted by atomic mass is 16.4. The topological polar surface area (TPSA) is 60.8 Å². The van der Waals surface area contributed by atoms with Gasteiger partial charge in [0.05, 0.1) is 0 Å². The van der Waals surface area contributed by atoms with Crippen LogP contribution in [0.2, 0.25) is 0 Å². The number of hydrogen-bond donors (Lipinski definition) is 2. The Bertz CT molecular complexity index is 143. The fourth-order valence-corrected chi connectivity index (χ4v) is 1.32. The van der Waals surface area contributed by atoms with E-state index in [1.807, 2.05) is 0 Å². The van der Waals surface area contributed by atoms with Gasteiger partial charge in [0.25, 0.3) is 0 Å². The lowest BCUT2D eigenvalue weighted by atomic mass is 10.1. The van der Waals surface area contributed by atoms with Crippen LogP contribution in [0.3, 0.4) is 0 Å². The molecule has 1 rings (SSSR count). The van der Waals surface area contributed by atoms with E-state index in [0.29, 0.717) is 13.1 Å². The van der Waals surface area contributed by atoms with Crippen molar-refractivity contribution in [3.05, 3.63) is 0 Å². The molecule has 0 bridgehead atoms. The van der Waals surface area contributed by atoms with E-state index in [4.69, 9.17) is 10.2 Å². The van der Waals surface area contributed by atoms with Crippen molar-refractivity contribution in [1.82, 2.24) is 4.90 Å². The third-order valence-electron chi connectivity index (χ3n) is 1.96. The van der Waals surface area contributed by atoms with E-state index in [9.17, 15) is 4.79 Å². The lowest BCUT2D eigenvalue weighted by molar-refractivity contribution is -0.158. The van der Waals surface area contributed by atoms with Gasteiger partial charge in [0, 0.05) is 13.1 Å². The first-order valence-corrected chi connectivity index (χ1v) is 3.87. The number of rotatable bonds is 2. The molecule has 4 heteroatoms. The first kappa shape index (κ1) is 8.49. The quantitative estimate of drug-likeness (QED) is 0.589. The Kier molecular flexibility index (Phi) is 2.84. The molecule has 0 aromatic rings. The summed E-state index contributed by atoms with van der Waals surface area (Å²) in [4.78, 5) is 11.9. The van der Waals surface area contributed by atoms with Crippen LogP contribution in [0.15, 0.2) is 0 Å². The minimum Gasteiger partial charge on any atom is -0.478 e. The molecule has 0 radical (unpaired) electrons. The lowest BCUT2D eigenvalue weighted by Gasteiger charge is -2.28. The highest BCUT2D eigenvalue weighted by molar-refractivity contribution is 5.71. The zero-order chi connectivity index (χ0) is 8.27. The van der Waals surface area contributed by atoms with Gasteiger partial charge in [0.15, 0.2) is 0 Å². The minimum atomic E-state index is -1.30. The smallest absolute Gasteiger partial charge is 0.348 e. The Morgan fingerprint density at radius 1 is 1.27 bits per heavy atom. The Morgan fingerprint density at radius 2 is 1.82 bits per heavy atom. The molecule has 64 valence electrons. The molecule has 2 N–H and O–H groups in total. The van der Waals surface area contributed by atoms with Crippen LogP contribution < -0.4 is 0 Å². The molecule has 1 saturated heterocycles. The molecule has 1 aliphatic rings. The summed E-state index contributed by atoms with van der Waals surface area (Å²) in [6.07, 6.45) is 1.83. The monoisotopic (exact) mass is 159 g/mol. The predicted octanol–water partition coefficient (Wildman–Crippen LogP) is -0.125. The summed E-state index contributed by atoms with van der Waals surface area (Å²) in [5.41, 5.74) is 0. The Hall–Kier alpha value is -0.610. The van der Waals surface area contributed by atoms with E-state index in [2.05, 4.69) is 0 Å². The number of carboxylic acids is 1. The summed E-state index contributed by atoms with van der Waals surface area (Å²) in [5, 5.41) is 17.5. The molecule has 11 heavy (non-hydrogen) atoms. The first-order valence-electron chi connectivity index (χ1n) is 3.87. The van der Waals surface area contributed by atoms with Gasteiger partial charge in [-0.05, 0) is 12.8 Å². The molecule has 1 fully saturated rings. The molecule has 4 nitrogen and oxygen atoms in total. The van der Waals surface area contributed by atoms with Crippen molar-refractivity contribution in [2.75, 3.05) is 13.1 Å². The number of aliphatic hydroxyl groups excluding tert-OH is 1. The Morgan fingerprint density at radius 3 is 2.27 bits per heavy atom. The second-order valence-corrected chi connectivity index (χ2v) is 2.81. The number of carboxylic acid groups (broad SMARTS) is 1. The van der Waals surface area contributed by atoms with Crippen molar-refractivity contribution in [1.29, 1.82) is 0 Å². The van der Waals surface area contributed by atoms with Gasteiger partial charge < -0.3 is 10.2 Å². The van der Waals surface area contributed by atoms with E-state index >= 15 is 0 Å².